The molecule has 0 saturated carbocycles. The van der Waals surface area contributed by atoms with Gasteiger partial charge in [0, 0.05) is 19.3 Å². The first-order valence-electron chi connectivity index (χ1n) is 12.9. The van der Waals surface area contributed by atoms with Gasteiger partial charge in [0.15, 0.2) is 5.69 Å². The molecule has 2 heterocycles. The number of nitrogens with zero attached hydrogens (tertiary/aromatic N) is 4. The minimum absolute atomic E-state index is 0.00673. The zero-order valence-corrected chi connectivity index (χ0v) is 22.4. The molecule has 2 N–H and O–H groups in total. The van der Waals surface area contributed by atoms with Gasteiger partial charge in [-0.1, -0.05) is 47.7 Å². The third-order valence-electron chi connectivity index (χ3n) is 6.01. The molecule has 226 valence electrons. The molecule has 2 amide bonds. The van der Waals surface area contributed by atoms with E-state index in [2.05, 4.69) is 25.7 Å². The maximum absolute atomic E-state index is 14.7. The highest BCUT2D eigenvalue weighted by Gasteiger charge is 2.31. The summed E-state index contributed by atoms with van der Waals surface area (Å²) in [5.74, 6) is -2.81. The summed E-state index contributed by atoms with van der Waals surface area (Å²) in [5, 5.41) is 12.2. The molecule has 0 fully saturated rings. The van der Waals surface area contributed by atoms with E-state index in [9.17, 15) is 36.3 Å². The van der Waals surface area contributed by atoms with Crippen molar-refractivity contribution < 1.29 is 36.3 Å². The molecule has 0 bridgehead atoms. The predicted octanol–water partition coefficient (Wildman–Crippen LogP) is 4.02. The quantitative estimate of drug-likeness (QED) is 0.236. The summed E-state index contributed by atoms with van der Waals surface area (Å²) in [7, 11) is 0. The Kier molecular flexibility index (Phi) is 9.85. The molecule has 10 nitrogen and oxygen atoms in total. The summed E-state index contributed by atoms with van der Waals surface area (Å²) in [5.41, 5.74) is -0.416. The van der Waals surface area contributed by atoms with Crippen LogP contribution in [0.15, 0.2) is 77.9 Å². The van der Waals surface area contributed by atoms with Gasteiger partial charge in [0.25, 0.3) is 11.5 Å². The number of anilines is 1. The van der Waals surface area contributed by atoms with Crippen molar-refractivity contribution in [2.24, 2.45) is 0 Å². The van der Waals surface area contributed by atoms with Crippen molar-refractivity contribution in [1.82, 2.24) is 24.9 Å². The standard InChI is InChI=1S/C28H25F5N6O4/c29-20(9-11-38-12-10-22(25(30)27(38)42)35-24(40)14-18-5-2-1-3-6-18)16-39-17-23(36-37-39)26(41)34-15-19-7-4-8-21(13-19)43-28(31,32)33/h1-8,10,12-13,17,20H,9,11,14-16H2,(H,34,41)(H,35,40). The van der Waals surface area contributed by atoms with Crippen molar-refractivity contribution in [3.63, 3.8) is 0 Å². The van der Waals surface area contributed by atoms with Gasteiger partial charge in [-0.2, -0.15) is 4.39 Å². The van der Waals surface area contributed by atoms with Crippen LogP contribution in [0.2, 0.25) is 0 Å². The number of hydrogen-bond acceptors (Lipinski definition) is 6. The molecule has 0 spiro atoms. The van der Waals surface area contributed by atoms with Gasteiger partial charge in [-0.15, -0.1) is 18.3 Å². The Balaban J connectivity index is 1.25. The van der Waals surface area contributed by atoms with E-state index in [1.54, 1.807) is 30.3 Å². The second-order valence-electron chi connectivity index (χ2n) is 9.34. The first-order valence-corrected chi connectivity index (χ1v) is 12.9. The Hall–Kier alpha value is -5.08. The third kappa shape index (κ3) is 9.21. The minimum atomic E-state index is -4.85. The largest absolute Gasteiger partial charge is 0.573 e. The number of carbonyl (C=O) groups is 2. The number of pyridine rings is 1. The number of halogens is 5. The van der Waals surface area contributed by atoms with Crippen LogP contribution in [0.1, 0.15) is 28.0 Å². The van der Waals surface area contributed by atoms with Crippen molar-refractivity contribution in [2.75, 3.05) is 5.32 Å². The summed E-state index contributed by atoms with van der Waals surface area (Å²) < 4.78 is 72.4. The monoisotopic (exact) mass is 604 g/mol. The van der Waals surface area contributed by atoms with Crippen LogP contribution >= 0.6 is 0 Å². The number of aromatic nitrogens is 4. The van der Waals surface area contributed by atoms with Crippen molar-refractivity contribution >= 4 is 17.5 Å². The van der Waals surface area contributed by atoms with Gasteiger partial charge in [0.1, 0.15) is 11.9 Å². The highest BCUT2D eigenvalue weighted by molar-refractivity contribution is 5.92. The van der Waals surface area contributed by atoms with Crippen LogP contribution in [0.5, 0.6) is 5.75 Å². The predicted molar refractivity (Wildman–Crippen MR) is 143 cm³/mol. The van der Waals surface area contributed by atoms with Crippen LogP contribution in [-0.4, -0.2) is 43.9 Å². The fourth-order valence-electron chi connectivity index (χ4n) is 3.99. The van der Waals surface area contributed by atoms with E-state index in [1.807, 2.05) is 0 Å². The van der Waals surface area contributed by atoms with Gasteiger partial charge in [0.2, 0.25) is 11.7 Å². The lowest BCUT2D eigenvalue weighted by Crippen LogP contribution is -2.27. The first kappa shape index (κ1) is 30.9. The number of alkyl halides is 4. The van der Waals surface area contributed by atoms with Gasteiger partial charge < -0.3 is 19.9 Å². The number of ether oxygens (including phenoxy) is 1. The maximum atomic E-state index is 14.7. The smallest absolute Gasteiger partial charge is 0.406 e. The van der Waals surface area contributed by atoms with Crippen LogP contribution in [0.4, 0.5) is 27.6 Å². The normalized spacial score (nSPS) is 12.0. The lowest BCUT2D eigenvalue weighted by molar-refractivity contribution is -0.274. The number of nitrogens with one attached hydrogen (secondary N) is 2. The maximum Gasteiger partial charge on any atom is 0.573 e. The molecule has 0 aliphatic carbocycles. The van der Waals surface area contributed by atoms with Crippen LogP contribution in [0.25, 0.3) is 0 Å². The average Bonchev–Trinajstić information content (AvgIpc) is 3.42. The summed E-state index contributed by atoms with van der Waals surface area (Å²) in [6.07, 6.45) is -4.17. The summed E-state index contributed by atoms with van der Waals surface area (Å²) in [4.78, 5) is 37.0. The molecular weight excluding hydrogens is 579 g/mol. The molecule has 0 aliphatic rings. The lowest BCUT2D eigenvalue weighted by Gasteiger charge is -2.12. The van der Waals surface area contributed by atoms with Crippen molar-refractivity contribution in [3.05, 3.63) is 106 Å². The van der Waals surface area contributed by atoms with E-state index in [-0.39, 0.29) is 43.9 Å². The van der Waals surface area contributed by atoms with Crippen molar-refractivity contribution in [2.45, 2.75) is 45.0 Å². The van der Waals surface area contributed by atoms with Crippen molar-refractivity contribution in [1.29, 1.82) is 0 Å². The molecule has 2 aromatic heterocycles. The molecule has 0 aliphatic heterocycles. The fraction of sp³-hybridized carbons (Fsp3) is 0.250. The number of amides is 2. The van der Waals surface area contributed by atoms with Crippen LogP contribution in [0, 0.1) is 5.82 Å². The fourth-order valence-corrected chi connectivity index (χ4v) is 3.99. The van der Waals surface area contributed by atoms with Gasteiger partial charge in [-0.05, 0) is 35.7 Å². The first-order chi connectivity index (χ1) is 20.5. The minimum Gasteiger partial charge on any atom is -0.406 e. The number of rotatable bonds is 12. The molecule has 1 unspecified atom stereocenters. The SMILES string of the molecule is O=C(Cc1ccccc1)Nc1ccn(CCC(F)Cn2cc(C(=O)NCc3cccc(OC(F)(F)F)c3)nn2)c(=O)c1F. The second-order valence-corrected chi connectivity index (χ2v) is 9.34. The zero-order chi connectivity index (χ0) is 31.0. The molecule has 4 aromatic rings. The topological polar surface area (TPSA) is 120 Å². The van der Waals surface area contributed by atoms with E-state index in [0.717, 1.165) is 21.4 Å². The highest BCUT2D eigenvalue weighted by Crippen LogP contribution is 2.23. The lowest BCUT2D eigenvalue weighted by atomic mass is 10.1. The molecule has 4 rings (SSSR count). The second kappa shape index (κ2) is 13.7. The third-order valence-corrected chi connectivity index (χ3v) is 6.01. The Morgan fingerprint density at radius 1 is 1.02 bits per heavy atom. The van der Waals surface area contributed by atoms with Crippen LogP contribution in [-0.2, 0) is 30.8 Å². The molecule has 0 radical (unpaired) electrons. The molecular formula is C28H25F5N6O4. The van der Waals surface area contributed by atoms with E-state index >= 15 is 0 Å². The molecule has 15 heteroatoms. The van der Waals surface area contributed by atoms with Gasteiger partial charge >= 0.3 is 6.36 Å². The van der Waals surface area contributed by atoms with E-state index in [0.29, 0.717) is 11.1 Å². The Bertz CT molecular complexity index is 1620. The Morgan fingerprint density at radius 3 is 2.51 bits per heavy atom. The Labute approximate surface area is 241 Å². The molecule has 43 heavy (non-hydrogen) atoms. The summed E-state index contributed by atoms with van der Waals surface area (Å²) in [6.45, 7) is -0.621. The highest BCUT2D eigenvalue weighted by atomic mass is 19.4. The average molecular weight is 605 g/mol. The van der Waals surface area contributed by atoms with Crippen molar-refractivity contribution in [3.8, 4) is 5.75 Å². The van der Waals surface area contributed by atoms with E-state index in [1.165, 1.54) is 30.6 Å². The summed E-state index contributed by atoms with van der Waals surface area (Å²) in [6, 6.07) is 15.1. The van der Waals surface area contributed by atoms with E-state index in [4.69, 9.17) is 0 Å². The van der Waals surface area contributed by atoms with Gasteiger partial charge in [-0.25, -0.2) is 9.07 Å². The molecule has 1 atom stereocenters. The zero-order valence-electron chi connectivity index (χ0n) is 22.4. The number of benzene rings is 2. The molecule has 0 saturated heterocycles. The number of hydrogen-bond donors (Lipinski definition) is 2. The van der Waals surface area contributed by atoms with Crippen LogP contribution < -0.4 is 20.9 Å². The van der Waals surface area contributed by atoms with Crippen LogP contribution in [0.3, 0.4) is 0 Å². The number of carbonyl (C=O) groups excluding carboxylic acids is 2. The Morgan fingerprint density at radius 2 is 1.77 bits per heavy atom. The molecule has 2 aromatic carbocycles. The number of aryl methyl sites for hydroxylation is 1. The summed E-state index contributed by atoms with van der Waals surface area (Å²) >= 11 is 0. The van der Waals surface area contributed by atoms with Gasteiger partial charge in [0.05, 0.1) is 24.8 Å². The van der Waals surface area contributed by atoms with Gasteiger partial charge in [-0.3, -0.25) is 14.4 Å². The van der Waals surface area contributed by atoms with E-state index < -0.39 is 41.5 Å².